The highest BCUT2D eigenvalue weighted by atomic mass is 16.5. The molecule has 25 heavy (non-hydrogen) atoms. The van der Waals surface area contributed by atoms with Crippen LogP contribution in [0.3, 0.4) is 0 Å². The van der Waals surface area contributed by atoms with E-state index in [2.05, 4.69) is 36.4 Å². The van der Waals surface area contributed by atoms with Crippen LogP contribution in [0.1, 0.15) is 16.7 Å². The van der Waals surface area contributed by atoms with Gasteiger partial charge in [0, 0.05) is 0 Å². The van der Waals surface area contributed by atoms with Crippen molar-refractivity contribution < 1.29 is 9.53 Å². The van der Waals surface area contributed by atoms with Gasteiger partial charge in [0.2, 0.25) is 5.91 Å². The second-order valence-corrected chi connectivity index (χ2v) is 5.99. The molecule has 3 heteroatoms. The number of hydrogen-bond donors (Lipinski definition) is 0. The third-order valence-electron chi connectivity index (χ3n) is 4.59. The van der Waals surface area contributed by atoms with Crippen LogP contribution in [0.5, 0.6) is 0 Å². The van der Waals surface area contributed by atoms with Gasteiger partial charge in [-0.25, -0.2) is 0 Å². The Kier molecular flexibility index (Phi) is 4.08. The molecule has 0 N–H and O–H groups in total. The highest BCUT2D eigenvalue weighted by molar-refractivity contribution is 5.82. The molecular formula is C22H18NO2-. The Balaban J connectivity index is 2.06. The van der Waals surface area contributed by atoms with Gasteiger partial charge in [-0.1, -0.05) is 91.0 Å². The lowest BCUT2D eigenvalue weighted by Crippen LogP contribution is -2.47. The minimum atomic E-state index is -0.767. The standard InChI is InChI=1S/C22H18NO2/c24-21-16-25-17-23(21)22(18-10-4-1-5-11-18,19-12-6-2-7-13-19)20-14-8-3-9-15-20/h1-15,17H,16H2/q-1. The van der Waals surface area contributed by atoms with Gasteiger partial charge >= 0.3 is 0 Å². The molecule has 1 fully saturated rings. The monoisotopic (exact) mass is 328 g/mol. The van der Waals surface area contributed by atoms with Gasteiger partial charge in [0.05, 0.1) is 12.1 Å². The summed E-state index contributed by atoms with van der Waals surface area (Å²) in [4.78, 5) is 14.4. The lowest BCUT2D eigenvalue weighted by Gasteiger charge is -2.48. The van der Waals surface area contributed by atoms with Crippen molar-refractivity contribution in [3.63, 3.8) is 0 Å². The first kappa shape index (κ1) is 15.6. The van der Waals surface area contributed by atoms with E-state index >= 15 is 0 Å². The average Bonchev–Trinajstić information content (AvgIpc) is 3.12. The summed E-state index contributed by atoms with van der Waals surface area (Å²) >= 11 is 0. The summed E-state index contributed by atoms with van der Waals surface area (Å²) in [7, 11) is 0. The Morgan fingerprint density at radius 3 is 1.44 bits per heavy atom. The molecule has 0 aromatic heterocycles. The second-order valence-electron chi connectivity index (χ2n) is 5.99. The smallest absolute Gasteiger partial charge is 0.219 e. The van der Waals surface area contributed by atoms with Crippen molar-refractivity contribution in [2.45, 2.75) is 5.54 Å². The van der Waals surface area contributed by atoms with E-state index in [1.54, 1.807) is 11.6 Å². The molecular weight excluding hydrogens is 310 g/mol. The molecule has 1 aliphatic heterocycles. The van der Waals surface area contributed by atoms with E-state index in [1.165, 1.54) is 0 Å². The van der Waals surface area contributed by atoms with E-state index in [0.29, 0.717) is 0 Å². The fraction of sp³-hybridized carbons (Fsp3) is 0.0909. The molecule has 0 bridgehead atoms. The SMILES string of the molecule is O=C1CO[CH-]N1C(c1ccccc1)(c1ccccc1)c1ccccc1. The van der Waals surface area contributed by atoms with Crippen LogP contribution in [0.2, 0.25) is 0 Å². The van der Waals surface area contributed by atoms with E-state index in [-0.39, 0.29) is 12.5 Å². The fourth-order valence-electron chi connectivity index (χ4n) is 3.53. The van der Waals surface area contributed by atoms with Crippen LogP contribution in [0.25, 0.3) is 0 Å². The van der Waals surface area contributed by atoms with E-state index < -0.39 is 5.54 Å². The Morgan fingerprint density at radius 1 is 0.720 bits per heavy atom. The number of hydrogen-bond acceptors (Lipinski definition) is 2. The number of ether oxygens (including phenoxy) is 1. The first-order valence-corrected chi connectivity index (χ1v) is 8.27. The fourth-order valence-corrected chi connectivity index (χ4v) is 3.53. The van der Waals surface area contributed by atoms with Gasteiger partial charge < -0.3 is 9.64 Å². The van der Waals surface area contributed by atoms with Crippen LogP contribution >= 0.6 is 0 Å². The van der Waals surface area contributed by atoms with Gasteiger partial charge in [-0.2, -0.15) is 0 Å². The number of nitrogens with zero attached hydrogens (tertiary/aromatic N) is 1. The third kappa shape index (κ3) is 2.53. The first-order chi connectivity index (χ1) is 12.3. The molecule has 0 atom stereocenters. The van der Waals surface area contributed by atoms with Gasteiger partial charge in [-0.3, -0.25) is 4.79 Å². The van der Waals surface area contributed by atoms with Crippen LogP contribution in [0, 0.1) is 6.73 Å². The summed E-state index contributed by atoms with van der Waals surface area (Å²) in [6.07, 6.45) is 0. The number of carbonyl (C=O) groups excluding carboxylic acids is 1. The van der Waals surface area contributed by atoms with Crippen molar-refractivity contribution in [3.8, 4) is 0 Å². The van der Waals surface area contributed by atoms with Crippen LogP contribution in [-0.2, 0) is 15.1 Å². The van der Waals surface area contributed by atoms with Crippen molar-refractivity contribution in [1.82, 2.24) is 4.90 Å². The summed E-state index contributed by atoms with van der Waals surface area (Å²) in [6.45, 7) is 1.61. The van der Waals surface area contributed by atoms with Gasteiger partial charge in [-0.15, -0.1) is 6.73 Å². The summed E-state index contributed by atoms with van der Waals surface area (Å²) < 4.78 is 5.39. The van der Waals surface area contributed by atoms with Crippen LogP contribution in [0.4, 0.5) is 0 Å². The van der Waals surface area contributed by atoms with Crippen LogP contribution < -0.4 is 0 Å². The minimum absolute atomic E-state index is 0.0587. The highest BCUT2D eigenvalue weighted by Crippen LogP contribution is 2.44. The second kappa shape index (κ2) is 6.54. The van der Waals surface area contributed by atoms with E-state index in [4.69, 9.17) is 4.74 Å². The van der Waals surface area contributed by atoms with Crippen molar-refractivity contribution >= 4 is 5.91 Å². The summed E-state index contributed by atoms with van der Waals surface area (Å²) in [5.74, 6) is -0.0587. The molecule has 3 aromatic carbocycles. The zero-order chi connectivity index (χ0) is 17.1. The van der Waals surface area contributed by atoms with Gasteiger partial charge in [0.1, 0.15) is 0 Å². The number of carbonyl (C=O) groups is 1. The molecule has 3 nitrogen and oxygen atoms in total. The topological polar surface area (TPSA) is 29.5 Å². The van der Waals surface area contributed by atoms with Gasteiger partial charge in [0.15, 0.2) is 0 Å². The average molecular weight is 328 g/mol. The number of amides is 1. The molecule has 0 unspecified atom stereocenters. The molecule has 3 aromatic rings. The number of rotatable bonds is 4. The van der Waals surface area contributed by atoms with E-state index in [1.807, 2.05) is 54.6 Å². The molecule has 1 saturated heterocycles. The minimum Gasteiger partial charge on any atom is -0.524 e. The quantitative estimate of drug-likeness (QED) is 0.536. The predicted octanol–water partition coefficient (Wildman–Crippen LogP) is 3.96. The maximum atomic E-state index is 12.7. The van der Waals surface area contributed by atoms with Gasteiger partial charge in [-0.05, 0) is 16.7 Å². The molecule has 4 rings (SSSR count). The summed E-state index contributed by atoms with van der Waals surface area (Å²) in [5.41, 5.74) is 2.28. The normalized spacial score (nSPS) is 14.7. The molecule has 1 heterocycles. The van der Waals surface area contributed by atoms with Crippen molar-refractivity contribution in [2.24, 2.45) is 0 Å². The zero-order valence-corrected chi connectivity index (χ0v) is 13.7. The summed E-state index contributed by atoms with van der Waals surface area (Å²) in [5, 5.41) is 0. The molecule has 0 aliphatic carbocycles. The third-order valence-corrected chi connectivity index (χ3v) is 4.59. The van der Waals surface area contributed by atoms with Gasteiger partial charge in [0.25, 0.3) is 0 Å². The maximum absolute atomic E-state index is 12.7. The largest absolute Gasteiger partial charge is 0.524 e. The number of benzene rings is 3. The van der Waals surface area contributed by atoms with Crippen molar-refractivity contribution in [2.75, 3.05) is 6.61 Å². The molecule has 0 radical (unpaired) electrons. The zero-order valence-electron chi connectivity index (χ0n) is 13.7. The Morgan fingerprint density at radius 2 is 1.12 bits per heavy atom. The first-order valence-electron chi connectivity index (χ1n) is 8.27. The lowest BCUT2D eigenvalue weighted by atomic mass is 9.75. The van der Waals surface area contributed by atoms with Crippen LogP contribution in [-0.4, -0.2) is 17.4 Å². The maximum Gasteiger partial charge on any atom is 0.219 e. The molecule has 1 aliphatic rings. The van der Waals surface area contributed by atoms with Crippen LogP contribution in [0.15, 0.2) is 91.0 Å². The van der Waals surface area contributed by atoms with E-state index in [9.17, 15) is 4.79 Å². The molecule has 0 saturated carbocycles. The van der Waals surface area contributed by atoms with Crippen molar-refractivity contribution in [3.05, 3.63) is 114 Å². The van der Waals surface area contributed by atoms with Crippen molar-refractivity contribution in [1.29, 1.82) is 0 Å². The highest BCUT2D eigenvalue weighted by Gasteiger charge is 2.41. The Hall–Kier alpha value is -2.91. The predicted molar refractivity (Wildman–Crippen MR) is 96.3 cm³/mol. The molecule has 0 spiro atoms. The Labute approximate surface area is 147 Å². The molecule has 1 amide bonds. The summed E-state index contributed by atoms with van der Waals surface area (Å²) in [6, 6.07) is 30.3. The Bertz CT molecular complexity index is 750. The molecule has 124 valence electrons. The van der Waals surface area contributed by atoms with E-state index in [0.717, 1.165) is 16.7 Å². The lowest BCUT2D eigenvalue weighted by molar-refractivity contribution is -0.129.